The summed E-state index contributed by atoms with van der Waals surface area (Å²) >= 11 is 4.08. The van der Waals surface area contributed by atoms with Gasteiger partial charge in [0.25, 0.3) is 0 Å². The second-order valence-corrected chi connectivity index (χ2v) is 4.17. The Hall–Kier alpha value is -1.26. The van der Waals surface area contributed by atoms with Crippen LogP contribution in [0.1, 0.15) is 0 Å². The van der Waals surface area contributed by atoms with Gasteiger partial charge in [-0.25, -0.2) is 0 Å². The summed E-state index contributed by atoms with van der Waals surface area (Å²) in [6, 6.07) is 9.22. The maximum Gasteiger partial charge on any atom is 0.189 e. The standard InChI is InChI=1S/C13H15NO2S/c15-13-5-6-14(7-8-16-9-10-17)12-4-2-1-3-11(12)13/h1-6,17H,7-10H2. The molecule has 0 bridgehead atoms. The van der Waals surface area contributed by atoms with E-state index in [-0.39, 0.29) is 5.43 Å². The monoisotopic (exact) mass is 249 g/mol. The van der Waals surface area contributed by atoms with Crippen molar-refractivity contribution in [1.29, 1.82) is 0 Å². The van der Waals surface area contributed by atoms with E-state index in [4.69, 9.17) is 4.74 Å². The molecule has 0 N–H and O–H groups in total. The van der Waals surface area contributed by atoms with Crippen LogP contribution in [0.2, 0.25) is 0 Å². The van der Waals surface area contributed by atoms with Crippen LogP contribution in [0.25, 0.3) is 10.9 Å². The van der Waals surface area contributed by atoms with Gasteiger partial charge < -0.3 is 9.30 Å². The van der Waals surface area contributed by atoms with Gasteiger partial charge in [-0.3, -0.25) is 4.79 Å². The number of hydrogen-bond donors (Lipinski definition) is 1. The minimum atomic E-state index is 0.0631. The molecule has 17 heavy (non-hydrogen) atoms. The Morgan fingerprint density at radius 1 is 1.18 bits per heavy atom. The number of para-hydroxylation sites is 1. The lowest BCUT2D eigenvalue weighted by atomic mass is 10.2. The Balaban J connectivity index is 2.23. The van der Waals surface area contributed by atoms with E-state index in [1.807, 2.05) is 35.0 Å². The van der Waals surface area contributed by atoms with E-state index in [1.165, 1.54) is 0 Å². The summed E-state index contributed by atoms with van der Waals surface area (Å²) in [7, 11) is 0. The van der Waals surface area contributed by atoms with Gasteiger partial charge in [0.15, 0.2) is 5.43 Å². The molecule has 0 spiro atoms. The molecule has 90 valence electrons. The fraction of sp³-hybridized carbons (Fsp3) is 0.308. The molecule has 4 heteroatoms. The lowest BCUT2D eigenvalue weighted by molar-refractivity contribution is 0.142. The number of rotatable bonds is 5. The van der Waals surface area contributed by atoms with Crippen LogP contribution in [0.3, 0.4) is 0 Å². The van der Waals surface area contributed by atoms with E-state index in [1.54, 1.807) is 6.07 Å². The second kappa shape index (κ2) is 5.89. The molecule has 0 aliphatic rings. The zero-order valence-electron chi connectivity index (χ0n) is 9.50. The third-order valence-corrected chi connectivity index (χ3v) is 2.78. The average Bonchev–Trinajstić information content (AvgIpc) is 2.37. The quantitative estimate of drug-likeness (QED) is 0.648. The molecule has 1 aromatic heterocycles. The van der Waals surface area contributed by atoms with E-state index >= 15 is 0 Å². The molecule has 0 fully saturated rings. The van der Waals surface area contributed by atoms with Gasteiger partial charge in [-0.1, -0.05) is 12.1 Å². The van der Waals surface area contributed by atoms with Gasteiger partial charge in [0, 0.05) is 29.9 Å². The average molecular weight is 249 g/mol. The molecular weight excluding hydrogens is 234 g/mol. The second-order valence-electron chi connectivity index (χ2n) is 3.73. The minimum Gasteiger partial charge on any atom is -0.379 e. The fourth-order valence-electron chi connectivity index (χ4n) is 1.78. The molecule has 0 amide bonds. The van der Waals surface area contributed by atoms with Crippen LogP contribution >= 0.6 is 12.6 Å². The van der Waals surface area contributed by atoms with Crippen LogP contribution in [0.15, 0.2) is 41.3 Å². The maximum atomic E-state index is 11.7. The zero-order valence-corrected chi connectivity index (χ0v) is 10.4. The predicted molar refractivity (Wildman–Crippen MR) is 72.9 cm³/mol. The first-order valence-electron chi connectivity index (χ1n) is 5.60. The van der Waals surface area contributed by atoms with Gasteiger partial charge >= 0.3 is 0 Å². The van der Waals surface area contributed by atoms with Crippen molar-refractivity contribution < 1.29 is 4.74 Å². The van der Waals surface area contributed by atoms with Gasteiger partial charge in [0.1, 0.15) is 0 Å². The Bertz CT molecular complexity index is 550. The van der Waals surface area contributed by atoms with Crippen molar-refractivity contribution in [3.8, 4) is 0 Å². The Morgan fingerprint density at radius 2 is 2.00 bits per heavy atom. The zero-order chi connectivity index (χ0) is 12.1. The summed E-state index contributed by atoms with van der Waals surface area (Å²) in [5.41, 5.74) is 1.02. The molecule has 0 atom stereocenters. The number of hydrogen-bond acceptors (Lipinski definition) is 3. The first-order chi connectivity index (χ1) is 8.33. The Labute approximate surface area is 105 Å². The lowest BCUT2D eigenvalue weighted by Gasteiger charge is -2.10. The summed E-state index contributed by atoms with van der Waals surface area (Å²) < 4.78 is 7.43. The molecule has 3 nitrogen and oxygen atoms in total. The molecule has 1 heterocycles. The summed E-state index contributed by atoms with van der Waals surface area (Å²) in [5.74, 6) is 0.727. The van der Waals surface area contributed by atoms with Crippen molar-refractivity contribution in [1.82, 2.24) is 4.57 Å². The topological polar surface area (TPSA) is 31.2 Å². The van der Waals surface area contributed by atoms with Gasteiger partial charge in [0.2, 0.25) is 0 Å². The number of nitrogens with zero attached hydrogens (tertiary/aromatic N) is 1. The van der Waals surface area contributed by atoms with E-state index < -0.39 is 0 Å². The third-order valence-electron chi connectivity index (χ3n) is 2.60. The van der Waals surface area contributed by atoms with Crippen molar-refractivity contribution in [2.75, 3.05) is 19.0 Å². The van der Waals surface area contributed by atoms with Crippen LogP contribution in [0, 0.1) is 0 Å². The van der Waals surface area contributed by atoms with Crippen molar-refractivity contribution in [3.05, 3.63) is 46.8 Å². The van der Waals surface area contributed by atoms with Crippen molar-refractivity contribution in [2.45, 2.75) is 6.54 Å². The van der Waals surface area contributed by atoms with Crippen LogP contribution in [-0.2, 0) is 11.3 Å². The van der Waals surface area contributed by atoms with E-state index in [9.17, 15) is 4.79 Å². The number of pyridine rings is 1. The molecular formula is C13H15NO2S. The first kappa shape index (κ1) is 12.2. The number of fused-ring (bicyclic) bond motifs is 1. The molecule has 0 aliphatic heterocycles. The normalized spacial score (nSPS) is 10.9. The molecule has 2 aromatic rings. The maximum absolute atomic E-state index is 11.7. The predicted octanol–water partition coefficient (Wildman–Crippen LogP) is 1.95. The van der Waals surface area contributed by atoms with Crippen molar-refractivity contribution >= 4 is 23.5 Å². The Morgan fingerprint density at radius 3 is 2.82 bits per heavy atom. The summed E-state index contributed by atoms with van der Waals surface area (Å²) in [5, 5.41) is 0.754. The van der Waals surface area contributed by atoms with Gasteiger partial charge in [-0.2, -0.15) is 12.6 Å². The third kappa shape index (κ3) is 2.90. The van der Waals surface area contributed by atoms with Crippen molar-refractivity contribution in [2.24, 2.45) is 0 Å². The number of aromatic nitrogens is 1. The molecule has 0 radical (unpaired) electrons. The molecule has 0 saturated carbocycles. The molecule has 1 aromatic carbocycles. The highest BCUT2D eigenvalue weighted by atomic mass is 32.1. The largest absolute Gasteiger partial charge is 0.379 e. The van der Waals surface area contributed by atoms with Gasteiger partial charge in [0.05, 0.1) is 18.7 Å². The highest BCUT2D eigenvalue weighted by Crippen LogP contribution is 2.09. The fourth-order valence-corrected chi connectivity index (χ4v) is 1.91. The first-order valence-corrected chi connectivity index (χ1v) is 6.23. The molecule has 0 unspecified atom stereocenters. The number of thiol groups is 1. The molecule has 2 rings (SSSR count). The number of benzene rings is 1. The van der Waals surface area contributed by atoms with Gasteiger partial charge in [-0.05, 0) is 12.1 Å². The van der Waals surface area contributed by atoms with Crippen LogP contribution in [0.5, 0.6) is 0 Å². The van der Waals surface area contributed by atoms with Crippen molar-refractivity contribution in [3.63, 3.8) is 0 Å². The molecule has 0 aliphatic carbocycles. The van der Waals surface area contributed by atoms with E-state index in [0.29, 0.717) is 13.2 Å². The van der Waals surface area contributed by atoms with E-state index in [2.05, 4.69) is 12.6 Å². The van der Waals surface area contributed by atoms with Crippen LogP contribution in [0.4, 0.5) is 0 Å². The summed E-state index contributed by atoms with van der Waals surface area (Å²) in [6.45, 7) is 2.03. The van der Waals surface area contributed by atoms with E-state index in [0.717, 1.165) is 23.2 Å². The van der Waals surface area contributed by atoms with Crippen LogP contribution in [-0.4, -0.2) is 23.5 Å². The highest BCUT2D eigenvalue weighted by Gasteiger charge is 2.01. The SMILES string of the molecule is O=c1ccn(CCOCCS)c2ccccc12. The minimum absolute atomic E-state index is 0.0631. The van der Waals surface area contributed by atoms with Gasteiger partial charge in [-0.15, -0.1) is 0 Å². The van der Waals surface area contributed by atoms with Crippen LogP contribution < -0.4 is 5.43 Å². The smallest absolute Gasteiger partial charge is 0.189 e. The lowest BCUT2D eigenvalue weighted by Crippen LogP contribution is -2.12. The highest BCUT2D eigenvalue weighted by molar-refractivity contribution is 7.80. The number of ether oxygens (including phenoxy) is 1. The summed E-state index contributed by atoms with van der Waals surface area (Å²) in [6.07, 6.45) is 1.81. The Kier molecular flexibility index (Phi) is 4.23. The summed E-state index contributed by atoms with van der Waals surface area (Å²) in [4.78, 5) is 11.7. The molecule has 0 saturated heterocycles.